The fraction of sp³-hybridized carbons (Fsp3) is 0.692. The van der Waals surface area contributed by atoms with Crippen LogP contribution < -0.4 is 5.32 Å². The molecule has 0 saturated heterocycles. The summed E-state index contributed by atoms with van der Waals surface area (Å²) in [6.07, 6.45) is 3.68. The standard InChI is InChI=1S/C13H22BrNS/c1-13(2,3)12(15-4)7-5-6-11-10(14)8-9-16-11/h8-9,12,15H,5-7H2,1-4H3. The van der Waals surface area contributed by atoms with Gasteiger partial charge >= 0.3 is 0 Å². The van der Waals surface area contributed by atoms with E-state index < -0.39 is 0 Å². The monoisotopic (exact) mass is 303 g/mol. The van der Waals surface area contributed by atoms with Crippen molar-refractivity contribution in [3.05, 3.63) is 20.8 Å². The minimum absolute atomic E-state index is 0.349. The van der Waals surface area contributed by atoms with Crippen LogP contribution in [0.4, 0.5) is 0 Å². The van der Waals surface area contributed by atoms with E-state index in [1.165, 1.54) is 28.6 Å². The first kappa shape index (κ1) is 14.2. The Kier molecular flexibility index (Phi) is 5.48. The van der Waals surface area contributed by atoms with Gasteiger partial charge in [0.2, 0.25) is 0 Å². The van der Waals surface area contributed by atoms with Crippen LogP contribution in [0.2, 0.25) is 0 Å². The van der Waals surface area contributed by atoms with E-state index in [9.17, 15) is 0 Å². The molecule has 1 atom stereocenters. The van der Waals surface area contributed by atoms with Crippen LogP contribution in [0.5, 0.6) is 0 Å². The zero-order valence-electron chi connectivity index (χ0n) is 10.6. The van der Waals surface area contributed by atoms with Crippen LogP contribution in [-0.2, 0) is 6.42 Å². The third-order valence-corrected chi connectivity index (χ3v) is 4.97. The maximum Gasteiger partial charge on any atom is 0.0314 e. The van der Waals surface area contributed by atoms with Crippen LogP contribution in [0.1, 0.15) is 38.5 Å². The average Bonchev–Trinajstić information content (AvgIpc) is 2.57. The van der Waals surface area contributed by atoms with Gasteiger partial charge in [-0.3, -0.25) is 0 Å². The number of hydrogen-bond donors (Lipinski definition) is 1. The summed E-state index contributed by atoms with van der Waals surface area (Å²) in [5, 5.41) is 5.58. The summed E-state index contributed by atoms with van der Waals surface area (Å²) in [5.41, 5.74) is 0.349. The van der Waals surface area contributed by atoms with Crippen molar-refractivity contribution in [2.75, 3.05) is 7.05 Å². The molecule has 1 nitrogen and oxygen atoms in total. The number of rotatable bonds is 5. The van der Waals surface area contributed by atoms with Crippen LogP contribution in [0.25, 0.3) is 0 Å². The molecule has 0 aliphatic rings. The minimum atomic E-state index is 0.349. The Bertz CT molecular complexity index is 314. The predicted octanol–water partition coefficient (Wildman–Crippen LogP) is 4.47. The van der Waals surface area contributed by atoms with Gasteiger partial charge in [0, 0.05) is 15.4 Å². The van der Waals surface area contributed by atoms with E-state index in [1.807, 2.05) is 11.3 Å². The van der Waals surface area contributed by atoms with Crippen molar-refractivity contribution in [2.45, 2.75) is 46.1 Å². The first-order valence-electron chi connectivity index (χ1n) is 5.84. The molecule has 0 radical (unpaired) electrons. The van der Waals surface area contributed by atoms with Gasteiger partial charge in [-0.1, -0.05) is 20.8 Å². The molecule has 0 aliphatic heterocycles. The van der Waals surface area contributed by atoms with Gasteiger partial charge in [0.25, 0.3) is 0 Å². The lowest BCUT2D eigenvalue weighted by molar-refractivity contribution is 0.264. The SMILES string of the molecule is CNC(CCCc1sccc1Br)C(C)(C)C. The van der Waals surface area contributed by atoms with Crippen LogP contribution in [0.15, 0.2) is 15.9 Å². The molecule has 0 saturated carbocycles. The largest absolute Gasteiger partial charge is 0.316 e. The van der Waals surface area contributed by atoms with Gasteiger partial charge in [0.1, 0.15) is 0 Å². The van der Waals surface area contributed by atoms with Crippen molar-refractivity contribution in [1.29, 1.82) is 0 Å². The van der Waals surface area contributed by atoms with Crippen molar-refractivity contribution in [3.8, 4) is 0 Å². The highest BCUT2D eigenvalue weighted by Crippen LogP contribution is 2.27. The number of aryl methyl sites for hydroxylation is 1. The smallest absolute Gasteiger partial charge is 0.0314 e. The number of nitrogens with one attached hydrogen (secondary N) is 1. The van der Waals surface area contributed by atoms with Gasteiger partial charge in [-0.2, -0.15) is 0 Å². The second kappa shape index (κ2) is 6.18. The maximum atomic E-state index is 3.58. The summed E-state index contributed by atoms with van der Waals surface area (Å²) < 4.78 is 1.27. The lowest BCUT2D eigenvalue weighted by Crippen LogP contribution is -2.37. The van der Waals surface area contributed by atoms with E-state index in [2.05, 4.69) is 60.5 Å². The highest BCUT2D eigenvalue weighted by atomic mass is 79.9. The third kappa shape index (κ3) is 4.19. The van der Waals surface area contributed by atoms with Gasteiger partial charge in [0.05, 0.1) is 0 Å². The molecule has 1 aromatic rings. The summed E-state index contributed by atoms with van der Waals surface area (Å²) in [6.45, 7) is 6.90. The number of halogens is 1. The van der Waals surface area contributed by atoms with Crippen LogP contribution in [-0.4, -0.2) is 13.1 Å². The average molecular weight is 304 g/mol. The molecule has 1 N–H and O–H groups in total. The van der Waals surface area contributed by atoms with Gasteiger partial charge in [-0.15, -0.1) is 11.3 Å². The maximum absolute atomic E-state index is 3.58. The molecule has 1 rings (SSSR count). The lowest BCUT2D eigenvalue weighted by Gasteiger charge is -2.30. The summed E-state index contributed by atoms with van der Waals surface area (Å²) in [4.78, 5) is 1.48. The molecule has 3 heteroatoms. The molecule has 0 fully saturated rings. The van der Waals surface area contributed by atoms with E-state index in [0.717, 1.165) is 0 Å². The van der Waals surface area contributed by atoms with E-state index in [0.29, 0.717) is 11.5 Å². The Morgan fingerprint density at radius 3 is 2.56 bits per heavy atom. The molecule has 92 valence electrons. The van der Waals surface area contributed by atoms with Crippen LogP contribution in [0, 0.1) is 5.41 Å². The van der Waals surface area contributed by atoms with E-state index in [1.54, 1.807) is 0 Å². The molecular formula is C13H22BrNS. The van der Waals surface area contributed by atoms with Gasteiger partial charge < -0.3 is 5.32 Å². The summed E-state index contributed by atoms with van der Waals surface area (Å²) in [6, 6.07) is 2.74. The molecule has 0 aliphatic carbocycles. The highest BCUT2D eigenvalue weighted by molar-refractivity contribution is 9.10. The zero-order chi connectivity index (χ0) is 12.2. The fourth-order valence-electron chi connectivity index (χ4n) is 1.98. The van der Waals surface area contributed by atoms with E-state index in [-0.39, 0.29) is 0 Å². The second-order valence-electron chi connectivity index (χ2n) is 5.29. The first-order chi connectivity index (χ1) is 7.45. The first-order valence-corrected chi connectivity index (χ1v) is 7.51. The molecular weight excluding hydrogens is 282 g/mol. The number of thiophene rings is 1. The summed E-state index contributed by atoms with van der Waals surface area (Å²) in [7, 11) is 2.07. The molecule has 0 aromatic carbocycles. The molecule has 0 bridgehead atoms. The second-order valence-corrected chi connectivity index (χ2v) is 7.15. The van der Waals surface area contributed by atoms with Crippen molar-refractivity contribution < 1.29 is 0 Å². The van der Waals surface area contributed by atoms with E-state index in [4.69, 9.17) is 0 Å². The van der Waals surface area contributed by atoms with E-state index >= 15 is 0 Å². The third-order valence-electron chi connectivity index (χ3n) is 2.98. The Balaban J connectivity index is 2.37. The molecule has 1 unspecified atom stereocenters. The molecule has 0 amide bonds. The topological polar surface area (TPSA) is 12.0 Å². The Morgan fingerprint density at radius 1 is 1.44 bits per heavy atom. The van der Waals surface area contributed by atoms with Crippen molar-refractivity contribution in [1.82, 2.24) is 5.32 Å². The number of hydrogen-bond acceptors (Lipinski definition) is 2. The Hall–Kier alpha value is 0.140. The van der Waals surface area contributed by atoms with Gasteiger partial charge in [-0.25, -0.2) is 0 Å². The lowest BCUT2D eigenvalue weighted by atomic mass is 9.84. The van der Waals surface area contributed by atoms with Crippen molar-refractivity contribution in [2.24, 2.45) is 5.41 Å². The Morgan fingerprint density at radius 2 is 2.12 bits per heavy atom. The zero-order valence-corrected chi connectivity index (χ0v) is 13.0. The molecule has 0 spiro atoms. The van der Waals surface area contributed by atoms with Gasteiger partial charge in [0.15, 0.2) is 0 Å². The van der Waals surface area contributed by atoms with Crippen LogP contribution >= 0.6 is 27.3 Å². The summed E-state index contributed by atoms with van der Waals surface area (Å²) >= 11 is 5.43. The highest BCUT2D eigenvalue weighted by Gasteiger charge is 2.22. The molecule has 16 heavy (non-hydrogen) atoms. The van der Waals surface area contributed by atoms with Crippen molar-refractivity contribution >= 4 is 27.3 Å². The minimum Gasteiger partial charge on any atom is -0.316 e. The normalized spacial score (nSPS) is 14.1. The summed E-state index contributed by atoms with van der Waals surface area (Å²) in [5.74, 6) is 0. The Labute approximate surface area is 112 Å². The molecule has 1 aromatic heterocycles. The predicted molar refractivity (Wildman–Crippen MR) is 77.3 cm³/mol. The molecule has 1 heterocycles. The van der Waals surface area contributed by atoms with Gasteiger partial charge in [-0.05, 0) is 59.1 Å². The van der Waals surface area contributed by atoms with Crippen LogP contribution in [0.3, 0.4) is 0 Å². The fourth-order valence-corrected chi connectivity index (χ4v) is 3.58. The van der Waals surface area contributed by atoms with Crippen molar-refractivity contribution in [3.63, 3.8) is 0 Å². The quantitative estimate of drug-likeness (QED) is 0.846.